The average Bonchev–Trinajstić information content (AvgIpc) is 3.08. The van der Waals surface area contributed by atoms with Crippen molar-refractivity contribution in [1.82, 2.24) is 10.3 Å². The molecule has 2 unspecified atom stereocenters. The molecule has 0 radical (unpaired) electrons. The summed E-state index contributed by atoms with van der Waals surface area (Å²) in [5.74, 6) is 0.491. The van der Waals surface area contributed by atoms with Gasteiger partial charge in [-0.05, 0) is 18.6 Å². The Morgan fingerprint density at radius 2 is 2.19 bits per heavy atom. The highest BCUT2D eigenvalue weighted by Crippen LogP contribution is 2.21. The Bertz CT molecular complexity index is 636. The monoisotopic (exact) mass is 287 g/mol. The predicted octanol–water partition coefficient (Wildman–Crippen LogP) is 1.31. The van der Waals surface area contributed by atoms with E-state index >= 15 is 0 Å². The molecule has 3 rings (SSSR count). The number of anilines is 1. The summed E-state index contributed by atoms with van der Waals surface area (Å²) in [6.45, 7) is 2.25. The maximum absolute atomic E-state index is 12.0. The van der Waals surface area contributed by atoms with E-state index in [4.69, 9.17) is 4.42 Å². The van der Waals surface area contributed by atoms with E-state index in [1.54, 1.807) is 13.2 Å². The molecule has 0 aliphatic carbocycles. The molecule has 0 saturated carbocycles. The van der Waals surface area contributed by atoms with Gasteiger partial charge in [-0.3, -0.25) is 4.79 Å². The molecular weight excluding hydrogens is 270 g/mol. The quantitative estimate of drug-likeness (QED) is 0.792. The summed E-state index contributed by atoms with van der Waals surface area (Å²) in [5, 5.41) is 15.2. The van der Waals surface area contributed by atoms with Crippen LogP contribution in [0.25, 0.3) is 11.3 Å². The fourth-order valence-corrected chi connectivity index (χ4v) is 2.37. The lowest BCUT2D eigenvalue weighted by Crippen LogP contribution is -2.35. The molecule has 0 bridgehead atoms. The third kappa shape index (κ3) is 3.12. The Morgan fingerprint density at radius 1 is 1.43 bits per heavy atom. The van der Waals surface area contributed by atoms with Gasteiger partial charge in [0, 0.05) is 24.7 Å². The van der Waals surface area contributed by atoms with Crippen LogP contribution in [0.3, 0.4) is 0 Å². The molecule has 2 heterocycles. The first-order valence-corrected chi connectivity index (χ1v) is 6.87. The van der Waals surface area contributed by atoms with Crippen molar-refractivity contribution < 1.29 is 14.3 Å². The number of carbonyl (C=O) groups excluding carboxylic acids is 1. The fourth-order valence-electron chi connectivity index (χ4n) is 2.37. The van der Waals surface area contributed by atoms with Gasteiger partial charge in [-0.25, -0.2) is 4.98 Å². The summed E-state index contributed by atoms with van der Waals surface area (Å²) < 4.78 is 5.18. The second-order valence-electron chi connectivity index (χ2n) is 5.17. The average molecular weight is 287 g/mol. The number of benzene rings is 1. The summed E-state index contributed by atoms with van der Waals surface area (Å²) in [6, 6.07) is 7.07. The van der Waals surface area contributed by atoms with Crippen LogP contribution in [0.15, 0.2) is 34.9 Å². The number of nitrogens with one attached hydrogen (secondary N) is 2. The van der Waals surface area contributed by atoms with Crippen molar-refractivity contribution >= 4 is 11.6 Å². The summed E-state index contributed by atoms with van der Waals surface area (Å²) >= 11 is 0. The molecule has 1 saturated heterocycles. The smallest absolute Gasteiger partial charge is 0.241 e. The topological polar surface area (TPSA) is 87.4 Å². The number of hydrogen-bond donors (Lipinski definition) is 3. The number of rotatable bonds is 3. The van der Waals surface area contributed by atoms with Gasteiger partial charge in [0.25, 0.3) is 0 Å². The van der Waals surface area contributed by atoms with Gasteiger partial charge < -0.3 is 20.2 Å². The number of oxazole rings is 1. The zero-order valence-electron chi connectivity index (χ0n) is 11.7. The van der Waals surface area contributed by atoms with Gasteiger partial charge >= 0.3 is 0 Å². The predicted molar refractivity (Wildman–Crippen MR) is 77.7 cm³/mol. The van der Waals surface area contributed by atoms with Gasteiger partial charge in [0.2, 0.25) is 5.91 Å². The van der Waals surface area contributed by atoms with E-state index in [1.807, 2.05) is 24.3 Å². The number of hydrogen-bond acceptors (Lipinski definition) is 5. The molecule has 2 aromatic rings. The van der Waals surface area contributed by atoms with Crippen LogP contribution in [0.5, 0.6) is 0 Å². The second kappa shape index (κ2) is 5.67. The summed E-state index contributed by atoms with van der Waals surface area (Å²) in [5.41, 5.74) is 2.41. The first-order chi connectivity index (χ1) is 10.1. The van der Waals surface area contributed by atoms with Crippen molar-refractivity contribution in [3.63, 3.8) is 0 Å². The lowest BCUT2D eigenvalue weighted by Gasteiger charge is -2.11. The molecule has 1 aliphatic rings. The van der Waals surface area contributed by atoms with Gasteiger partial charge in [0.15, 0.2) is 5.89 Å². The Kier molecular flexibility index (Phi) is 3.72. The van der Waals surface area contributed by atoms with Crippen LogP contribution >= 0.6 is 0 Å². The number of aromatic nitrogens is 1. The zero-order valence-corrected chi connectivity index (χ0v) is 11.7. The minimum absolute atomic E-state index is 0.128. The maximum Gasteiger partial charge on any atom is 0.241 e. The van der Waals surface area contributed by atoms with Gasteiger partial charge in [-0.1, -0.05) is 12.1 Å². The van der Waals surface area contributed by atoms with Crippen LogP contribution in [0, 0.1) is 6.92 Å². The normalized spacial score (nSPS) is 21.4. The summed E-state index contributed by atoms with van der Waals surface area (Å²) in [6.07, 6.45) is 1.60. The highest BCUT2D eigenvalue weighted by atomic mass is 16.3. The second-order valence-corrected chi connectivity index (χ2v) is 5.17. The number of nitrogens with zero attached hydrogens (tertiary/aromatic N) is 1. The Morgan fingerprint density at radius 3 is 2.76 bits per heavy atom. The maximum atomic E-state index is 12.0. The van der Waals surface area contributed by atoms with Crippen molar-refractivity contribution in [3.8, 4) is 11.3 Å². The SMILES string of the molecule is Cc1nc(-c2ccc(NC(=O)C3CC(O)CN3)cc2)co1. The molecule has 21 heavy (non-hydrogen) atoms. The highest BCUT2D eigenvalue weighted by Gasteiger charge is 2.27. The molecule has 6 nitrogen and oxygen atoms in total. The van der Waals surface area contributed by atoms with Gasteiger partial charge in [0.05, 0.1) is 12.1 Å². The lowest BCUT2D eigenvalue weighted by molar-refractivity contribution is -0.117. The van der Waals surface area contributed by atoms with Crippen LogP contribution in [0.4, 0.5) is 5.69 Å². The Labute approximate surface area is 122 Å². The fraction of sp³-hybridized carbons (Fsp3) is 0.333. The molecule has 3 N–H and O–H groups in total. The standard InChI is InChI=1S/C15H17N3O3/c1-9-17-14(8-21-9)10-2-4-11(5-3-10)18-15(20)13-6-12(19)7-16-13/h2-5,8,12-13,16,19H,6-7H2,1H3,(H,18,20). The number of β-amino-alcohol motifs (C(OH)–C–C–N with tert-alkyl or cyclic N) is 1. The largest absolute Gasteiger partial charge is 0.449 e. The molecule has 1 fully saturated rings. The van der Waals surface area contributed by atoms with Crippen molar-refractivity contribution in [1.29, 1.82) is 0 Å². The number of aryl methyl sites for hydroxylation is 1. The third-order valence-electron chi connectivity index (χ3n) is 3.49. The number of carbonyl (C=O) groups is 1. The lowest BCUT2D eigenvalue weighted by atomic mass is 10.1. The van der Waals surface area contributed by atoms with Crippen molar-refractivity contribution in [3.05, 3.63) is 36.4 Å². The van der Waals surface area contributed by atoms with Crippen LogP contribution in [0.1, 0.15) is 12.3 Å². The molecule has 1 aromatic heterocycles. The molecule has 1 aromatic carbocycles. The molecule has 110 valence electrons. The first-order valence-electron chi connectivity index (χ1n) is 6.87. The van der Waals surface area contributed by atoms with Crippen LogP contribution < -0.4 is 10.6 Å². The minimum atomic E-state index is -0.446. The summed E-state index contributed by atoms with van der Waals surface area (Å²) in [7, 11) is 0. The van der Waals surface area contributed by atoms with Gasteiger partial charge in [-0.15, -0.1) is 0 Å². The Balaban J connectivity index is 1.66. The van der Waals surface area contributed by atoms with Crippen molar-refractivity contribution in [2.24, 2.45) is 0 Å². The van der Waals surface area contributed by atoms with Gasteiger partial charge in [0.1, 0.15) is 12.0 Å². The van der Waals surface area contributed by atoms with E-state index in [0.717, 1.165) is 11.3 Å². The first kappa shape index (κ1) is 13.8. The Hall–Kier alpha value is -2.18. The molecule has 1 aliphatic heterocycles. The number of amides is 1. The molecule has 2 atom stereocenters. The van der Waals surface area contributed by atoms with E-state index in [2.05, 4.69) is 15.6 Å². The van der Waals surface area contributed by atoms with E-state index in [-0.39, 0.29) is 11.9 Å². The minimum Gasteiger partial charge on any atom is -0.449 e. The van der Waals surface area contributed by atoms with Crippen molar-refractivity contribution in [2.45, 2.75) is 25.5 Å². The van der Waals surface area contributed by atoms with Crippen LogP contribution in [-0.2, 0) is 4.79 Å². The zero-order chi connectivity index (χ0) is 14.8. The number of aliphatic hydroxyl groups is 1. The van der Waals surface area contributed by atoms with Crippen molar-refractivity contribution in [2.75, 3.05) is 11.9 Å². The molecular formula is C15H17N3O3. The van der Waals surface area contributed by atoms with E-state index in [9.17, 15) is 9.90 Å². The van der Waals surface area contributed by atoms with Crippen LogP contribution in [0.2, 0.25) is 0 Å². The van der Waals surface area contributed by atoms with E-state index in [1.165, 1.54) is 0 Å². The van der Waals surface area contributed by atoms with Crippen LogP contribution in [-0.4, -0.2) is 34.7 Å². The van der Waals surface area contributed by atoms with Gasteiger partial charge in [-0.2, -0.15) is 0 Å². The highest BCUT2D eigenvalue weighted by molar-refractivity contribution is 5.95. The summed E-state index contributed by atoms with van der Waals surface area (Å²) in [4.78, 5) is 16.3. The molecule has 0 spiro atoms. The molecule has 1 amide bonds. The van der Waals surface area contributed by atoms with E-state index < -0.39 is 6.10 Å². The van der Waals surface area contributed by atoms with E-state index in [0.29, 0.717) is 24.5 Å². The molecule has 6 heteroatoms. The number of aliphatic hydroxyl groups excluding tert-OH is 1. The third-order valence-corrected chi connectivity index (χ3v) is 3.49.